The molecule has 4 rings (SSSR count). The van der Waals surface area contributed by atoms with Gasteiger partial charge < -0.3 is 14.7 Å². The van der Waals surface area contributed by atoms with Gasteiger partial charge in [0.1, 0.15) is 11.5 Å². The first-order valence-electron chi connectivity index (χ1n) is 11.8. The van der Waals surface area contributed by atoms with Crippen molar-refractivity contribution in [2.45, 2.75) is 38.6 Å². The highest BCUT2D eigenvalue weighted by Crippen LogP contribution is 2.40. The number of amides is 1. The van der Waals surface area contributed by atoms with Crippen molar-refractivity contribution in [1.82, 2.24) is 4.90 Å². The van der Waals surface area contributed by atoms with Gasteiger partial charge >= 0.3 is 0 Å². The first-order chi connectivity index (χ1) is 16.7. The van der Waals surface area contributed by atoms with Gasteiger partial charge in [-0.1, -0.05) is 87.5 Å². The SMILES string of the molecule is COc1cccc(C(O)=C2C(=O)C(=O)N(CCc3ccccc3)C2c2ccc(C(C)(C)C)cc2)c1. The molecule has 5 nitrogen and oxygen atoms in total. The number of Topliss-reactive ketones (excluding diaryl/α,β-unsaturated/α-hetero) is 1. The number of aliphatic hydroxyl groups excluding tert-OH is 1. The van der Waals surface area contributed by atoms with Crippen molar-refractivity contribution in [3.63, 3.8) is 0 Å². The maximum Gasteiger partial charge on any atom is 0.295 e. The molecule has 0 spiro atoms. The largest absolute Gasteiger partial charge is 0.507 e. The lowest BCUT2D eigenvalue weighted by Gasteiger charge is -2.26. The molecule has 0 aliphatic carbocycles. The Bertz CT molecular complexity index is 1250. The maximum absolute atomic E-state index is 13.3. The summed E-state index contributed by atoms with van der Waals surface area (Å²) in [5.41, 5.74) is 3.50. The molecule has 1 atom stereocenters. The van der Waals surface area contributed by atoms with Crippen LogP contribution in [0.4, 0.5) is 0 Å². The molecule has 1 fully saturated rings. The Morgan fingerprint density at radius 2 is 1.63 bits per heavy atom. The Morgan fingerprint density at radius 3 is 2.26 bits per heavy atom. The summed E-state index contributed by atoms with van der Waals surface area (Å²) in [5.74, 6) is -0.925. The summed E-state index contributed by atoms with van der Waals surface area (Å²) in [4.78, 5) is 28.1. The number of rotatable bonds is 6. The molecule has 1 aliphatic heterocycles. The van der Waals surface area contributed by atoms with Gasteiger partial charge in [0.05, 0.1) is 18.7 Å². The summed E-state index contributed by atoms with van der Waals surface area (Å²) < 4.78 is 5.28. The van der Waals surface area contributed by atoms with Crippen LogP contribution in [-0.4, -0.2) is 35.4 Å². The van der Waals surface area contributed by atoms with E-state index in [1.54, 1.807) is 36.3 Å². The van der Waals surface area contributed by atoms with Crippen molar-refractivity contribution >= 4 is 17.4 Å². The standard InChI is InChI=1S/C30H31NO4/c1-30(2,3)23-15-13-21(14-16-23)26-25(27(32)22-11-8-12-24(19-22)35-4)28(33)29(34)31(26)18-17-20-9-6-5-7-10-20/h5-16,19,26,32H,17-18H2,1-4H3. The summed E-state index contributed by atoms with van der Waals surface area (Å²) in [7, 11) is 1.54. The Balaban J connectivity index is 1.80. The van der Waals surface area contributed by atoms with Gasteiger partial charge in [0.15, 0.2) is 0 Å². The Morgan fingerprint density at radius 1 is 0.943 bits per heavy atom. The van der Waals surface area contributed by atoms with Gasteiger partial charge in [-0.3, -0.25) is 9.59 Å². The number of likely N-dealkylation sites (tertiary alicyclic amines) is 1. The lowest BCUT2D eigenvalue weighted by atomic mass is 9.85. The van der Waals surface area contributed by atoms with Crippen LogP contribution >= 0.6 is 0 Å². The second-order valence-electron chi connectivity index (χ2n) is 9.83. The molecule has 3 aromatic rings. The molecule has 0 saturated carbocycles. The van der Waals surface area contributed by atoms with E-state index in [1.165, 1.54) is 0 Å². The van der Waals surface area contributed by atoms with Crippen LogP contribution in [0.25, 0.3) is 5.76 Å². The van der Waals surface area contributed by atoms with Crippen molar-refractivity contribution in [2.75, 3.05) is 13.7 Å². The highest BCUT2D eigenvalue weighted by atomic mass is 16.5. The van der Waals surface area contributed by atoms with E-state index in [1.807, 2.05) is 54.6 Å². The Labute approximate surface area is 206 Å². The number of aliphatic hydroxyl groups is 1. The molecule has 1 unspecified atom stereocenters. The van der Waals surface area contributed by atoms with E-state index in [-0.39, 0.29) is 16.7 Å². The van der Waals surface area contributed by atoms with E-state index in [4.69, 9.17) is 4.74 Å². The van der Waals surface area contributed by atoms with Crippen LogP contribution in [0, 0.1) is 0 Å². The fourth-order valence-electron chi connectivity index (χ4n) is 4.44. The molecule has 1 saturated heterocycles. The van der Waals surface area contributed by atoms with Gasteiger partial charge in [-0.05, 0) is 40.7 Å². The van der Waals surface area contributed by atoms with Crippen molar-refractivity contribution in [1.29, 1.82) is 0 Å². The normalized spacial score (nSPS) is 17.6. The van der Waals surface area contributed by atoms with Crippen molar-refractivity contribution in [2.24, 2.45) is 0 Å². The number of carbonyl (C=O) groups is 2. The number of hydrogen-bond donors (Lipinski definition) is 1. The van der Waals surface area contributed by atoms with Gasteiger partial charge in [-0.25, -0.2) is 0 Å². The zero-order valence-electron chi connectivity index (χ0n) is 20.6. The zero-order chi connectivity index (χ0) is 25.2. The molecule has 1 N–H and O–H groups in total. The fraction of sp³-hybridized carbons (Fsp3) is 0.267. The van der Waals surface area contributed by atoms with Crippen LogP contribution in [0.3, 0.4) is 0 Å². The summed E-state index contributed by atoms with van der Waals surface area (Å²) in [5, 5.41) is 11.3. The molecule has 1 aliphatic rings. The third kappa shape index (κ3) is 4.99. The van der Waals surface area contributed by atoms with Gasteiger partial charge in [-0.2, -0.15) is 0 Å². The minimum Gasteiger partial charge on any atom is -0.507 e. The molecular formula is C30H31NO4. The van der Waals surface area contributed by atoms with Crippen molar-refractivity contribution in [3.05, 3.63) is 107 Å². The molecule has 180 valence electrons. The predicted molar refractivity (Wildman–Crippen MR) is 137 cm³/mol. The van der Waals surface area contributed by atoms with Gasteiger partial charge in [0.2, 0.25) is 0 Å². The van der Waals surface area contributed by atoms with Crippen LogP contribution in [0.15, 0.2) is 84.4 Å². The molecule has 0 aromatic heterocycles. The number of benzene rings is 3. The molecule has 0 bridgehead atoms. The smallest absolute Gasteiger partial charge is 0.295 e. The van der Waals surface area contributed by atoms with Crippen LogP contribution in [-0.2, 0) is 21.4 Å². The molecular weight excluding hydrogens is 438 g/mol. The van der Waals surface area contributed by atoms with Crippen LogP contribution in [0.5, 0.6) is 5.75 Å². The van der Waals surface area contributed by atoms with Crippen LogP contribution in [0.2, 0.25) is 0 Å². The minimum absolute atomic E-state index is 0.0335. The molecule has 35 heavy (non-hydrogen) atoms. The van der Waals surface area contributed by atoms with E-state index in [9.17, 15) is 14.7 Å². The molecule has 5 heteroatoms. The van der Waals surface area contributed by atoms with E-state index in [2.05, 4.69) is 20.8 Å². The number of carbonyl (C=O) groups excluding carboxylic acids is 2. The number of ketones is 1. The molecule has 1 amide bonds. The molecule has 1 heterocycles. The number of hydrogen-bond acceptors (Lipinski definition) is 4. The summed E-state index contributed by atoms with van der Waals surface area (Å²) in [6.45, 7) is 6.76. The first kappa shape index (κ1) is 24.3. The highest BCUT2D eigenvalue weighted by Gasteiger charge is 2.45. The van der Waals surface area contributed by atoms with Gasteiger partial charge in [-0.15, -0.1) is 0 Å². The second kappa shape index (κ2) is 9.79. The summed E-state index contributed by atoms with van der Waals surface area (Å²) >= 11 is 0. The Hall–Kier alpha value is -3.86. The van der Waals surface area contributed by atoms with Crippen molar-refractivity contribution in [3.8, 4) is 5.75 Å². The van der Waals surface area contributed by atoms with Gasteiger partial charge in [0, 0.05) is 12.1 Å². The second-order valence-corrected chi connectivity index (χ2v) is 9.83. The third-order valence-electron chi connectivity index (χ3n) is 6.46. The van der Waals surface area contributed by atoms with E-state index >= 15 is 0 Å². The topological polar surface area (TPSA) is 66.8 Å². The highest BCUT2D eigenvalue weighted by molar-refractivity contribution is 6.46. The Kier molecular flexibility index (Phi) is 6.79. The summed E-state index contributed by atoms with van der Waals surface area (Å²) in [6, 6.07) is 24.0. The molecule has 3 aromatic carbocycles. The number of methoxy groups -OCH3 is 1. The average Bonchev–Trinajstić information content (AvgIpc) is 3.12. The minimum atomic E-state index is -0.682. The summed E-state index contributed by atoms with van der Waals surface area (Å²) in [6.07, 6.45) is 0.601. The lowest BCUT2D eigenvalue weighted by molar-refractivity contribution is -0.139. The predicted octanol–water partition coefficient (Wildman–Crippen LogP) is 5.66. The zero-order valence-corrected chi connectivity index (χ0v) is 20.6. The van der Waals surface area contributed by atoms with E-state index in [0.717, 1.165) is 16.7 Å². The quantitative estimate of drug-likeness (QED) is 0.288. The van der Waals surface area contributed by atoms with Crippen molar-refractivity contribution < 1.29 is 19.4 Å². The third-order valence-corrected chi connectivity index (χ3v) is 6.46. The van der Waals surface area contributed by atoms with E-state index in [0.29, 0.717) is 24.3 Å². The number of nitrogens with zero attached hydrogens (tertiary/aromatic N) is 1. The van der Waals surface area contributed by atoms with E-state index < -0.39 is 17.7 Å². The lowest BCUT2D eigenvalue weighted by Crippen LogP contribution is -2.31. The maximum atomic E-state index is 13.3. The first-order valence-corrected chi connectivity index (χ1v) is 11.8. The fourth-order valence-corrected chi connectivity index (χ4v) is 4.44. The monoisotopic (exact) mass is 469 g/mol. The molecule has 0 radical (unpaired) electrons. The van der Waals surface area contributed by atoms with Gasteiger partial charge in [0.25, 0.3) is 11.7 Å². The van der Waals surface area contributed by atoms with Crippen LogP contribution < -0.4 is 4.74 Å². The van der Waals surface area contributed by atoms with Crippen LogP contribution in [0.1, 0.15) is 49.1 Å². The average molecular weight is 470 g/mol. The number of ether oxygens (including phenoxy) is 1.